The van der Waals surface area contributed by atoms with Gasteiger partial charge in [-0.2, -0.15) is 5.10 Å². The summed E-state index contributed by atoms with van der Waals surface area (Å²) < 4.78 is 1.92. The molecule has 1 aliphatic rings. The predicted octanol–water partition coefficient (Wildman–Crippen LogP) is 3.01. The molecule has 1 aromatic heterocycles. The van der Waals surface area contributed by atoms with Crippen LogP contribution < -0.4 is 5.32 Å². The van der Waals surface area contributed by atoms with E-state index < -0.39 is 11.9 Å². The third-order valence-electron chi connectivity index (χ3n) is 4.84. The fourth-order valence-corrected chi connectivity index (χ4v) is 3.30. The fraction of sp³-hybridized carbons (Fsp3) is 0.722. The highest BCUT2D eigenvalue weighted by Gasteiger charge is 2.32. The number of carbonyl (C=O) groups is 2. The summed E-state index contributed by atoms with van der Waals surface area (Å²) in [6, 6.07) is -0.140. The predicted molar refractivity (Wildman–Crippen MR) is 91.6 cm³/mol. The third kappa shape index (κ3) is 4.16. The van der Waals surface area contributed by atoms with Crippen molar-refractivity contribution in [2.75, 3.05) is 0 Å². The molecule has 6 heteroatoms. The number of aromatic nitrogens is 2. The molecule has 1 saturated carbocycles. The van der Waals surface area contributed by atoms with E-state index in [1.807, 2.05) is 24.7 Å². The maximum atomic E-state index is 12.5. The van der Waals surface area contributed by atoms with Gasteiger partial charge in [0.1, 0.15) is 0 Å². The zero-order chi connectivity index (χ0) is 18.1. The van der Waals surface area contributed by atoms with Crippen LogP contribution in [-0.2, 0) is 15.1 Å². The van der Waals surface area contributed by atoms with Crippen molar-refractivity contribution >= 4 is 11.9 Å². The zero-order valence-electron chi connectivity index (χ0n) is 15.3. The Kier molecular flexibility index (Phi) is 5.35. The highest BCUT2D eigenvalue weighted by Crippen LogP contribution is 2.30. The smallest absolute Gasteiger partial charge is 0.306 e. The molecule has 2 N–H and O–H groups in total. The third-order valence-corrected chi connectivity index (χ3v) is 4.84. The van der Waals surface area contributed by atoms with Crippen LogP contribution in [0.3, 0.4) is 0 Å². The molecule has 6 nitrogen and oxygen atoms in total. The molecule has 0 aromatic carbocycles. The van der Waals surface area contributed by atoms with Gasteiger partial charge in [0, 0.05) is 17.7 Å². The lowest BCUT2D eigenvalue weighted by Crippen LogP contribution is -2.36. The highest BCUT2D eigenvalue weighted by atomic mass is 16.4. The molecule has 3 atom stereocenters. The normalized spacial score (nSPS) is 22.9. The van der Waals surface area contributed by atoms with E-state index in [1.165, 1.54) is 0 Å². The number of nitrogens with one attached hydrogen (secondary N) is 1. The van der Waals surface area contributed by atoms with E-state index in [-0.39, 0.29) is 23.4 Å². The number of hydrogen-bond donors (Lipinski definition) is 2. The maximum absolute atomic E-state index is 12.5. The SMILES string of the molecule is Cc1nn(C(C)(C)C)cc1C(C)NC(=O)C1CCCC(C(=O)O)C1. The molecule has 0 aliphatic heterocycles. The van der Waals surface area contributed by atoms with E-state index >= 15 is 0 Å². The molecule has 1 amide bonds. The van der Waals surface area contributed by atoms with Crippen molar-refractivity contribution < 1.29 is 14.7 Å². The van der Waals surface area contributed by atoms with Gasteiger partial charge in [-0.15, -0.1) is 0 Å². The van der Waals surface area contributed by atoms with E-state index in [2.05, 4.69) is 31.2 Å². The Morgan fingerprint density at radius 2 is 1.96 bits per heavy atom. The van der Waals surface area contributed by atoms with E-state index in [1.54, 1.807) is 0 Å². The van der Waals surface area contributed by atoms with Gasteiger partial charge in [0.25, 0.3) is 0 Å². The van der Waals surface area contributed by atoms with Crippen molar-refractivity contribution in [3.8, 4) is 0 Å². The first-order valence-corrected chi connectivity index (χ1v) is 8.69. The minimum Gasteiger partial charge on any atom is -0.481 e. The Morgan fingerprint density at radius 3 is 2.50 bits per heavy atom. The van der Waals surface area contributed by atoms with Crippen LogP contribution in [0, 0.1) is 18.8 Å². The molecular weight excluding hydrogens is 306 g/mol. The van der Waals surface area contributed by atoms with Gasteiger partial charge < -0.3 is 10.4 Å². The van der Waals surface area contributed by atoms with E-state index in [4.69, 9.17) is 0 Å². The van der Waals surface area contributed by atoms with E-state index in [9.17, 15) is 14.7 Å². The average Bonchev–Trinajstić information content (AvgIpc) is 2.89. The van der Waals surface area contributed by atoms with Gasteiger partial charge in [-0.3, -0.25) is 14.3 Å². The van der Waals surface area contributed by atoms with Gasteiger partial charge in [-0.05, 0) is 53.9 Å². The van der Waals surface area contributed by atoms with Gasteiger partial charge in [0.15, 0.2) is 0 Å². The fourth-order valence-electron chi connectivity index (χ4n) is 3.30. The number of carboxylic acids is 1. The second-order valence-corrected chi connectivity index (χ2v) is 7.91. The molecule has 0 radical (unpaired) electrons. The molecule has 3 unspecified atom stereocenters. The average molecular weight is 335 g/mol. The largest absolute Gasteiger partial charge is 0.481 e. The van der Waals surface area contributed by atoms with Crippen molar-refractivity contribution in [1.29, 1.82) is 0 Å². The van der Waals surface area contributed by atoms with Crippen molar-refractivity contribution in [3.63, 3.8) is 0 Å². The van der Waals surface area contributed by atoms with Crippen LogP contribution in [0.5, 0.6) is 0 Å². The van der Waals surface area contributed by atoms with Gasteiger partial charge in [-0.1, -0.05) is 6.42 Å². The first-order chi connectivity index (χ1) is 11.1. The Hall–Kier alpha value is -1.85. The van der Waals surface area contributed by atoms with Crippen LogP contribution in [-0.4, -0.2) is 26.8 Å². The molecule has 24 heavy (non-hydrogen) atoms. The van der Waals surface area contributed by atoms with Crippen LogP contribution in [0.1, 0.15) is 70.7 Å². The Balaban J connectivity index is 2.04. The molecule has 2 rings (SSSR count). The van der Waals surface area contributed by atoms with Crippen LogP contribution >= 0.6 is 0 Å². The molecule has 1 heterocycles. The molecule has 1 aromatic rings. The number of carbonyl (C=O) groups excluding carboxylic acids is 1. The summed E-state index contributed by atoms with van der Waals surface area (Å²) >= 11 is 0. The second-order valence-electron chi connectivity index (χ2n) is 7.91. The summed E-state index contributed by atoms with van der Waals surface area (Å²) in [4.78, 5) is 23.7. The lowest BCUT2D eigenvalue weighted by atomic mass is 9.81. The molecule has 0 saturated heterocycles. The molecular formula is C18H29N3O3. The summed E-state index contributed by atoms with van der Waals surface area (Å²) in [5.74, 6) is -1.44. The summed E-state index contributed by atoms with van der Waals surface area (Å²) in [5.41, 5.74) is 1.80. The van der Waals surface area contributed by atoms with Crippen molar-refractivity contribution in [2.24, 2.45) is 11.8 Å². The Labute approximate surface area is 143 Å². The van der Waals surface area contributed by atoms with Gasteiger partial charge in [-0.25, -0.2) is 0 Å². The van der Waals surface area contributed by atoms with E-state index in [0.29, 0.717) is 12.8 Å². The first-order valence-electron chi connectivity index (χ1n) is 8.69. The number of rotatable bonds is 4. The Morgan fingerprint density at radius 1 is 1.33 bits per heavy atom. The molecule has 0 spiro atoms. The molecule has 134 valence electrons. The van der Waals surface area contributed by atoms with Crippen molar-refractivity contribution in [2.45, 2.75) is 71.9 Å². The second kappa shape index (κ2) is 6.95. The van der Waals surface area contributed by atoms with Gasteiger partial charge in [0.2, 0.25) is 5.91 Å². The number of aryl methyl sites for hydroxylation is 1. The minimum absolute atomic E-state index is 0.0450. The number of aliphatic carboxylic acids is 1. The molecule has 1 fully saturated rings. The number of amides is 1. The topological polar surface area (TPSA) is 84.2 Å². The van der Waals surface area contributed by atoms with Gasteiger partial charge in [0.05, 0.1) is 23.2 Å². The van der Waals surface area contributed by atoms with Crippen LogP contribution in [0.15, 0.2) is 6.20 Å². The van der Waals surface area contributed by atoms with Crippen molar-refractivity contribution in [3.05, 3.63) is 17.5 Å². The summed E-state index contributed by atoms with van der Waals surface area (Å²) in [6.07, 6.45) is 4.66. The monoisotopic (exact) mass is 335 g/mol. The first kappa shape index (κ1) is 18.5. The maximum Gasteiger partial charge on any atom is 0.306 e. The van der Waals surface area contributed by atoms with Crippen LogP contribution in [0.4, 0.5) is 0 Å². The molecule has 0 bridgehead atoms. The Bertz CT molecular complexity index is 616. The number of nitrogens with zero attached hydrogens (tertiary/aromatic N) is 2. The zero-order valence-corrected chi connectivity index (χ0v) is 15.3. The lowest BCUT2D eigenvalue weighted by molar-refractivity contribution is -0.144. The summed E-state index contributed by atoms with van der Waals surface area (Å²) in [5, 5.41) is 16.8. The van der Waals surface area contributed by atoms with Crippen molar-refractivity contribution in [1.82, 2.24) is 15.1 Å². The summed E-state index contributed by atoms with van der Waals surface area (Å²) in [7, 11) is 0. The molecule has 1 aliphatic carbocycles. The van der Waals surface area contributed by atoms with Crippen LogP contribution in [0.2, 0.25) is 0 Å². The standard InChI is InChI=1S/C18H29N3O3/c1-11(15-10-21(18(3,4)5)20-12(15)2)19-16(22)13-7-6-8-14(9-13)17(23)24/h10-11,13-14H,6-9H2,1-5H3,(H,19,22)(H,23,24). The minimum atomic E-state index is -0.789. The highest BCUT2D eigenvalue weighted by molar-refractivity contribution is 5.80. The van der Waals surface area contributed by atoms with Gasteiger partial charge >= 0.3 is 5.97 Å². The number of carboxylic acid groups (broad SMARTS) is 1. The number of hydrogen-bond acceptors (Lipinski definition) is 3. The van der Waals surface area contributed by atoms with Crippen LogP contribution in [0.25, 0.3) is 0 Å². The summed E-state index contributed by atoms with van der Waals surface area (Å²) in [6.45, 7) is 10.1. The van der Waals surface area contributed by atoms with E-state index in [0.717, 1.165) is 24.1 Å². The lowest BCUT2D eigenvalue weighted by Gasteiger charge is -2.27. The quantitative estimate of drug-likeness (QED) is 0.886.